The van der Waals surface area contributed by atoms with E-state index in [2.05, 4.69) is 19.8 Å². The monoisotopic (exact) mass is 447 g/mol. The van der Waals surface area contributed by atoms with Gasteiger partial charge in [0.05, 0.1) is 22.8 Å². The molecule has 3 aromatic rings. The normalized spacial score (nSPS) is 11.9. The maximum absolute atomic E-state index is 12.8. The highest BCUT2D eigenvalue weighted by molar-refractivity contribution is 7.89. The summed E-state index contributed by atoms with van der Waals surface area (Å²) < 4.78 is 35.3. The van der Waals surface area contributed by atoms with Gasteiger partial charge in [-0.05, 0) is 38.0 Å². The van der Waals surface area contributed by atoms with Crippen LogP contribution in [0.25, 0.3) is 22.4 Å². The third-order valence-corrected chi connectivity index (χ3v) is 6.35. The van der Waals surface area contributed by atoms with E-state index >= 15 is 0 Å². The van der Waals surface area contributed by atoms with E-state index in [1.54, 1.807) is 13.1 Å². The summed E-state index contributed by atoms with van der Waals surface area (Å²) in [5.74, 6) is 0.690. The third-order valence-electron chi connectivity index (χ3n) is 4.89. The predicted octanol–water partition coefficient (Wildman–Crippen LogP) is 2.75. The van der Waals surface area contributed by atoms with Crippen molar-refractivity contribution in [3.63, 3.8) is 0 Å². The van der Waals surface area contributed by atoms with Gasteiger partial charge in [0, 0.05) is 13.6 Å². The Kier molecular flexibility index (Phi) is 7.11. The average Bonchev–Trinajstić information content (AvgIpc) is 3.04. The van der Waals surface area contributed by atoms with Gasteiger partial charge < -0.3 is 9.72 Å². The van der Waals surface area contributed by atoms with Crippen LogP contribution in [0.3, 0.4) is 0 Å². The quantitative estimate of drug-likeness (QED) is 0.461. The maximum Gasteiger partial charge on any atom is 0.277 e. The number of unbranched alkanes of at least 4 members (excludes halogenated alkanes) is 1. The van der Waals surface area contributed by atoms with Gasteiger partial charge in [-0.2, -0.15) is 5.10 Å². The zero-order valence-electron chi connectivity index (χ0n) is 18.4. The third kappa shape index (κ3) is 4.80. The van der Waals surface area contributed by atoms with Crippen LogP contribution in [0.15, 0.2) is 27.9 Å². The lowest BCUT2D eigenvalue weighted by atomic mass is 10.1. The number of ether oxygens (including phenoxy) is 1. The lowest BCUT2D eigenvalue weighted by Crippen LogP contribution is -2.24. The largest absolute Gasteiger partial charge is 0.493 e. The van der Waals surface area contributed by atoms with Crippen molar-refractivity contribution in [3.05, 3.63) is 34.2 Å². The van der Waals surface area contributed by atoms with Crippen molar-refractivity contribution in [1.29, 1.82) is 0 Å². The summed E-state index contributed by atoms with van der Waals surface area (Å²) in [5.41, 5.74) is 1.70. The van der Waals surface area contributed by atoms with Crippen LogP contribution in [0.5, 0.6) is 5.75 Å². The Bertz CT molecular complexity index is 1230. The highest BCUT2D eigenvalue weighted by Crippen LogP contribution is 2.31. The molecule has 0 saturated heterocycles. The zero-order valence-corrected chi connectivity index (χ0v) is 19.2. The van der Waals surface area contributed by atoms with Crippen molar-refractivity contribution in [2.45, 2.75) is 51.3 Å². The molecular weight excluding hydrogens is 418 g/mol. The second kappa shape index (κ2) is 9.61. The molecule has 9 nitrogen and oxygen atoms in total. The Hall–Kier alpha value is -2.72. The molecule has 0 fully saturated rings. The first kappa shape index (κ1) is 23.0. The molecule has 0 amide bonds. The van der Waals surface area contributed by atoms with Gasteiger partial charge in [-0.1, -0.05) is 26.7 Å². The Morgan fingerprint density at radius 1 is 1.19 bits per heavy atom. The van der Waals surface area contributed by atoms with Crippen LogP contribution in [-0.2, 0) is 23.5 Å². The first-order valence-corrected chi connectivity index (χ1v) is 12.0. The summed E-state index contributed by atoms with van der Waals surface area (Å²) in [5, 5.41) is 4.43. The van der Waals surface area contributed by atoms with E-state index in [0.29, 0.717) is 41.9 Å². The molecule has 0 aliphatic heterocycles. The van der Waals surface area contributed by atoms with Crippen molar-refractivity contribution in [2.75, 3.05) is 13.2 Å². The topological polar surface area (TPSA) is 119 Å². The molecule has 2 N–H and O–H groups in total. The Morgan fingerprint density at radius 3 is 2.65 bits per heavy atom. The molecule has 0 atom stereocenters. The molecule has 1 aromatic carbocycles. The minimum absolute atomic E-state index is 0.0878. The maximum atomic E-state index is 12.8. The summed E-state index contributed by atoms with van der Waals surface area (Å²) in [6, 6.07) is 4.57. The van der Waals surface area contributed by atoms with Crippen molar-refractivity contribution in [1.82, 2.24) is 24.5 Å². The van der Waals surface area contributed by atoms with Gasteiger partial charge in [0.15, 0.2) is 5.52 Å². The Morgan fingerprint density at radius 2 is 1.97 bits per heavy atom. The van der Waals surface area contributed by atoms with E-state index < -0.39 is 10.0 Å². The molecule has 0 saturated carbocycles. The Labute approximate surface area is 181 Å². The number of nitrogens with one attached hydrogen (secondary N) is 2. The minimum Gasteiger partial charge on any atom is -0.493 e. The first-order chi connectivity index (χ1) is 14.8. The van der Waals surface area contributed by atoms with Gasteiger partial charge in [0.2, 0.25) is 10.0 Å². The highest BCUT2D eigenvalue weighted by Gasteiger charge is 2.20. The Balaban J connectivity index is 2.17. The molecule has 0 radical (unpaired) electrons. The molecular formula is C21H29N5O4S. The summed E-state index contributed by atoms with van der Waals surface area (Å²) in [4.78, 5) is 20.3. The van der Waals surface area contributed by atoms with Crippen LogP contribution in [0.2, 0.25) is 0 Å². The number of rotatable bonds is 10. The van der Waals surface area contributed by atoms with Crippen LogP contribution in [0.4, 0.5) is 0 Å². The van der Waals surface area contributed by atoms with Crippen molar-refractivity contribution >= 4 is 21.1 Å². The van der Waals surface area contributed by atoms with Crippen LogP contribution in [-0.4, -0.2) is 41.3 Å². The fourth-order valence-corrected chi connectivity index (χ4v) is 4.49. The minimum atomic E-state index is -3.70. The lowest BCUT2D eigenvalue weighted by Gasteiger charge is -2.13. The number of aromatic amines is 1. The molecule has 0 aliphatic carbocycles. The van der Waals surface area contributed by atoms with E-state index in [-0.39, 0.29) is 16.3 Å². The van der Waals surface area contributed by atoms with Crippen molar-refractivity contribution < 1.29 is 13.2 Å². The van der Waals surface area contributed by atoms with E-state index in [4.69, 9.17) is 4.74 Å². The molecule has 31 heavy (non-hydrogen) atoms. The van der Waals surface area contributed by atoms with Crippen LogP contribution < -0.4 is 15.0 Å². The predicted molar refractivity (Wildman–Crippen MR) is 120 cm³/mol. The molecule has 0 unspecified atom stereocenters. The van der Waals surface area contributed by atoms with E-state index in [1.165, 1.54) is 16.8 Å². The zero-order chi connectivity index (χ0) is 22.6. The summed E-state index contributed by atoms with van der Waals surface area (Å²) in [6.45, 7) is 6.60. The SMILES string of the molecule is CCCCNS(=O)(=O)c1ccc(OCC)c(-c2nc3c(CCC)nn(C)c3c(=O)[nH]2)c1. The molecule has 2 aromatic heterocycles. The molecule has 0 bridgehead atoms. The number of benzene rings is 1. The van der Waals surface area contributed by atoms with Gasteiger partial charge >= 0.3 is 0 Å². The molecule has 3 rings (SSSR count). The number of aromatic nitrogens is 4. The number of hydrogen-bond donors (Lipinski definition) is 2. The van der Waals surface area contributed by atoms with E-state index in [0.717, 1.165) is 25.0 Å². The number of H-pyrrole nitrogens is 1. The van der Waals surface area contributed by atoms with Crippen molar-refractivity contribution in [3.8, 4) is 17.1 Å². The molecule has 0 aliphatic rings. The van der Waals surface area contributed by atoms with Crippen LogP contribution in [0, 0.1) is 0 Å². The van der Waals surface area contributed by atoms with Gasteiger partial charge in [-0.3, -0.25) is 9.48 Å². The summed E-state index contributed by atoms with van der Waals surface area (Å²) in [7, 11) is -1.99. The number of fused-ring (bicyclic) bond motifs is 1. The average molecular weight is 448 g/mol. The second-order valence-electron chi connectivity index (χ2n) is 7.27. The number of aryl methyl sites for hydroxylation is 2. The fraction of sp³-hybridized carbons (Fsp3) is 0.476. The molecule has 2 heterocycles. The van der Waals surface area contributed by atoms with Gasteiger partial charge in [-0.25, -0.2) is 18.1 Å². The first-order valence-electron chi connectivity index (χ1n) is 10.5. The summed E-state index contributed by atoms with van der Waals surface area (Å²) >= 11 is 0. The van der Waals surface area contributed by atoms with Gasteiger partial charge in [0.25, 0.3) is 5.56 Å². The number of sulfonamides is 1. The second-order valence-corrected chi connectivity index (χ2v) is 9.04. The molecule has 168 valence electrons. The smallest absolute Gasteiger partial charge is 0.277 e. The number of nitrogens with zero attached hydrogens (tertiary/aromatic N) is 3. The highest BCUT2D eigenvalue weighted by atomic mass is 32.2. The van der Waals surface area contributed by atoms with E-state index in [9.17, 15) is 13.2 Å². The van der Waals surface area contributed by atoms with Crippen LogP contribution in [0.1, 0.15) is 45.7 Å². The molecule has 10 heteroatoms. The fourth-order valence-electron chi connectivity index (χ4n) is 3.39. The van der Waals surface area contributed by atoms with Crippen LogP contribution >= 0.6 is 0 Å². The van der Waals surface area contributed by atoms with E-state index in [1.807, 2.05) is 20.8 Å². The lowest BCUT2D eigenvalue weighted by molar-refractivity contribution is 0.341. The number of hydrogen-bond acceptors (Lipinski definition) is 6. The van der Waals surface area contributed by atoms with Gasteiger partial charge in [-0.15, -0.1) is 0 Å². The standard InChI is InChI=1S/C21H29N5O4S/c1-5-8-12-22-31(28,29)14-10-11-17(30-7-3)15(13-14)20-23-18-16(9-6-2)25-26(4)19(18)21(27)24-20/h10-11,13,22H,5-9,12H2,1-4H3,(H,23,24,27). The van der Waals surface area contributed by atoms with Gasteiger partial charge in [0.1, 0.15) is 17.1 Å². The van der Waals surface area contributed by atoms with Crippen molar-refractivity contribution in [2.24, 2.45) is 7.05 Å². The molecule has 0 spiro atoms. The summed E-state index contributed by atoms with van der Waals surface area (Å²) in [6.07, 6.45) is 3.17.